The highest BCUT2D eigenvalue weighted by Gasteiger charge is 2.20. The maximum Gasteiger partial charge on any atom is 0.338 e. The Kier molecular flexibility index (Phi) is 6.13. The number of hydrogen-bond acceptors (Lipinski definition) is 6. The number of anilines is 1. The zero-order chi connectivity index (χ0) is 22.7. The Hall–Kier alpha value is -3.78. The standard InChI is InChI=1S/C24H21N3O4S/c1-3-31-24(30)17-9-11-18(12-10-17)26-21(28)15(2)27-14-25-22-20(23(27)29)19(13-32-22)16-7-5-4-6-8-16/h4-15H,3H2,1-2H3,(H,26,28). The number of benzene rings is 2. The smallest absolute Gasteiger partial charge is 0.338 e. The SMILES string of the molecule is CCOC(=O)c1ccc(NC(=O)C(C)n2cnc3scc(-c4ccccc4)c3c2=O)cc1. The fourth-order valence-corrected chi connectivity index (χ4v) is 4.24. The first-order valence-electron chi connectivity index (χ1n) is 10.1. The molecular weight excluding hydrogens is 426 g/mol. The fourth-order valence-electron chi connectivity index (χ4n) is 3.33. The number of nitrogens with zero attached hydrogens (tertiary/aromatic N) is 2. The highest BCUT2D eigenvalue weighted by molar-refractivity contribution is 7.17. The zero-order valence-corrected chi connectivity index (χ0v) is 18.4. The number of aromatic nitrogens is 2. The maximum atomic E-state index is 13.3. The number of thiophene rings is 1. The molecule has 0 bridgehead atoms. The first-order chi connectivity index (χ1) is 15.5. The van der Waals surface area contributed by atoms with Gasteiger partial charge in [-0.1, -0.05) is 30.3 Å². The van der Waals surface area contributed by atoms with Crippen LogP contribution in [0.4, 0.5) is 5.69 Å². The molecule has 1 unspecified atom stereocenters. The van der Waals surface area contributed by atoms with Crippen molar-refractivity contribution in [2.24, 2.45) is 0 Å². The fraction of sp³-hybridized carbons (Fsp3) is 0.167. The Morgan fingerprint density at radius 2 is 1.84 bits per heavy atom. The van der Waals surface area contributed by atoms with E-state index in [-0.39, 0.29) is 18.1 Å². The molecule has 2 aromatic heterocycles. The summed E-state index contributed by atoms with van der Waals surface area (Å²) in [7, 11) is 0. The number of esters is 1. The molecule has 1 atom stereocenters. The van der Waals surface area contributed by atoms with Crippen LogP contribution in [0.15, 0.2) is 71.1 Å². The van der Waals surface area contributed by atoms with E-state index in [9.17, 15) is 14.4 Å². The molecule has 8 heteroatoms. The molecule has 0 saturated heterocycles. The zero-order valence-electron chi connectivity index (χ0n) is 17.6. The first kappa shape index (κ1) is 21.5. The summed E-state index contributed by atoms with van der Waals surface area (Å²) >= 11 is 1.40. The maximum absolute atomic E-state index is 13.3. The van der Waals surface area contributed by atoms with Gasteiger partial charge in [0.1, 0.15) is 10.9 Å². The molecule has 0 saturated carbocycles. The van der Waals surface area contributed by atoms with Crippen LogP contribution in [-0.4, -0.2) is 28.0 Å². The number of hydrogen-bond donors (Lipinski definition) is 1. The number of nitrogens with one attached hydrogen (secondary N) is 1. The van der Waals surface area contributed by atoms with Crippen LogP contribution in [0.5, 0.6) is 0 Å². The number of amides is 1. The van der Waals surface area contributed by atoms with Crippen molar-refractivity contribution < 1.29 is 14.3 Å². The minimum absolute atomic E-state index is 0.268. The van der Waals surface area contributed by atoms with E-state index in [4.69, 9.17) is 4.74 Å². The van der Waals surface area contributed by atoms with Crippen LogP contribution in [0, 0.1) is 0 Å². The van der Waals surface area contributed by atoms with Gasteiger partial charge in [-0.15, -0.1) is 11.3 Å². The molecular formula is C24H21N3O4S. The van der Waals surface area contributed by atoms with E-state index in [1.54, 1.807) is 38.1 Å². The van der Waals surface area contributed by atoms with Crippen molar-refractivity contribution in [1.29, 1.82) is 0 Å². The van der Waals surface area contributed by atoms with Crippen LogP contribution >= 0.6 is 11.3 Å². The molecule has 0 aliphatic carbocycles. The van der Waals surface area contributed by atoms with Crippen LogP contribution < -0.4 is 10.9 Å². The molecule has 2 heterocycles. The van der Waals surface area contributed by atoms with Crippen LogP contribution in [-0.2, 0) is 9.53 Å². The van der Waals surface area contributed by atoms with Crippen molar-refractivity contribution in [3.05, 3.63) is 82.2 Å². The highest BCUT2D eigenvalue weighted by atomic mass is 32.1. The largest absolute Gasteiger partial charge is 0.462 e. The van der Waals surface area contributed by atoms with E-state index in [0.717, 1.165) is 11.1 Å². The lowest BCUT2D eigenvalue weighted by atomic mass is 10.1. The van der Waals surface area contributed by atoms with E-state index in [0.29, 0.717) is 21.5 Å². The summed E-state index contributed by atoms with van der Waals surface area (Å²) in [5.74, 6) is -0.789. The highest BCUT2D eigenvalue weighted by Crippen LogP contribution is 2.30. The molecule has 0 fully saturated rings. The van der Waals surface area contributed by atoms with Gasteiger partial charge < -0.3 is 10.1 Å². The Labute approximate surface area is 188 Å². The lowest BCUT2D eigenvalue weighted by molar-refractivity contribution is -0.118. The molecule has 32 heavy (non-hydrogen) atoms. The van der Waals surface area contributed by atoms with Crippen LogP contribution in [0.25, 0.3) is 21.3 Å². The van der Waals surface area contributed by atoms with Crippen molar-refractivity contribution >= 4 is 39.1 Å². The topological polar surface area (TPSA) is 90.3 Å². The van der Waals surface area contributed by atoms with Crippen molar-refractivity contribution in [3.63, 3.8) is 0 Å². The quantitative estimate of drug-likeness (QED) is 0.440. The van der Waals surface area contributed by atoms with Crippen LogP contribution in [0.3, 0.4) is 0 Å². The molecule has 0 spiro atoms. The van der Waals surface area contributed by atoms with E-state index in [2.05, 4.69) is 10.3 Å². The summed E-state index contributed by atoms with van der Waals surface area (Å²) in [6.07, 6.45) is 1.41. The lowest BCUT2D eigenvalue weighted by Crippen LogP contribution is -2.31. The molecule has 0 aliphatic rings. The molecule has 0 radical (unpaired) electrons. The van der Waals surface area contributed by atoms with Gasteiger partial charge in [0.25, 0.3) is 5.56 Å². The van der Waals surface area contributed by atoms with Gasteiger partial charge in [-0.2, -0.15) is 0 Å². The van der Waals surface area contributed by atoms with Gasteiger partial charge in [-0.3, -0.25) is 14.2 Å². The minimum Gasteiger partial charge on any atom is -0.462 e. The van der Waals surface area contributed by atoms with Crippen molar-refractivity contribution in [2.45, 2.75) is 19.9 Å². The summed E-state index contributed by atoms with van der Waals surface area (Å²) in [6.45, 7) is 3.67. The number of rotatable bonds is 6. The number of ether oxygens (including phenoxy) is 1. The second kappa shape index (κ2) is 9.15. The third-order valence-corrected chi connectivity index (χ3v) is 5.95. The van der Waals surface area contributed by atoms with Crippen molar-refractivity contribution in [1.82, 2.24) is 9.55 Å². The number of fused-ring (bicyclic) bond motifs is 1. The van der Waals surface area contributed by atoms with E-state index < -0.39 is 12.0 Å². The van der Waals surface area contributed by atoms with Crippen LogP contribution in [0.2, 0.25) is 0 Å². The van der Waals surface area contributed by atoms with Gasteiger partial charge in [0, 0.05) is 16.6 Å². The summed E-state index contributed by atoms with van der Waals surface area (Å²) in [4.78, 5) is 42.9. The van der Waals surface area contributed by atoms with Crippen molar-refractivity contribution in [2.75, 3.05) is 11.9 Å². The molecule has 162 valence electrons. The minimum atomic E-state index is -0.785. The first-order valence-corrected chi connectivity index (χ1v) is 11.0. The third-order valence-electron chi connectivity index (χ3n) is 5.06. The van der Waals surface area contributed by atoms with Gasteiger partial charge >= 0.3 is 5.97 Å². The predicted octanol–water partition coefficient (Wildman–Crippen LogP) is 4.50. The normalized spacial score (nSPS) is 11.8. The summed E-state index contributed by atoms with van der Waals surface area (Å²) in [6, 6.07) is 15.2. The third kappa shape index (κ3) is 4.17. The monoisotopic (exact) mass is 447 g/mol. The Balaban J connectivity index is 1.59. The van der Waals surface area contributed by atoms with Crippen LogP contribution in [0.1, 0.15) is 30.2 Å². The number of carbonyl (C=O) groups is 2. The van der Waals surface area contributed by atoms with Gasteiger partial charge in [0.15, 0.2) is 0 Å². The lowest BCUT2D eigenvalue weighted by Gasteiger charge is -2.15. The summed E-state index contributed by atoms with van der Waals surface area (Å²) < 4.78 is 6.29. The van der Waals surface area contributed by atoms with E-state index >= 15 is 0 Å². The van der Waals surface area contributed by atoms with Gasteiger partial charge in [0.2, 0.25) is 5.91 Å². The second-order valence-corrected chi connectivity index (χ2v) is 7.97. The van der Waals surface area contributed by atoms with Gasteiger partial charge in [-0.05, 0) is 43.7 Å². The number of carbonyl (C=O) groups excluding carboxylic acids is 2. The predicted molar refractivity (Wildman–Crippen MR) is 125 cm³/mol. The second-order valence-electron chi connectivity index (χ2n) is 7.12. The van der Waals surface area contributed by atoms with E-state index in [1.165, 1.54) is 22.2 Å². The van der Waals surface area contributed by atoms with Gasteiger partial charge in [0.05, 0.1) is 23.9 Å². The molecule has 1 N–H and O–H groups in total. The average Bonchev–Trinajstić information content (AvgIpc) is 3.25. The van der Waals surface area contributed by atoms with Gasteiger partial charge in [-0.25, -0.2) is 9.78 Å². The summed E-state index contributed by atoms with van der Waals surface area (Å²) in [5, 5.41) is 5.19. The Morgan fingerprint density at radius 1 is 1.12 bits per heavy atom. The van der Waals surface area contributed by atoms with E-state index in [1.807, 2.05) is 35.7 Å². The molecule has 0 aliphatic heterocycles. The summed E-state index contributed by atoms with van der Waals surface area (Å²) in [5.41, 5.74) is 2.37. The molecule has 4 rings (SSSR count). The van der Waals surface area contributed by atoms with Crippen molar-refractivity contribution in [3.8, 4) is 11.1 Å². The molecule has 4 aromatic rings. The average molecular weight is 448 g/mol. The molecule has 1 amide bonds. The Morgan fingerprint density at radius 3 is 2.53 bits per heavy atom. The molecule has 2 aromatic carbocycles. The Bertz CT molecular complexity index is 1330. The molecule has 7 nitrogen and oxygen atoms in total.